The number of rotatable bonds is 7. The standard InChI is InChI=1S/C10H20N2O5/c1-7(2)17-5-4-11-9(15)12-6-10(3,16)8(13)14/h7,16H,4-6H2,1-3H3,(H,13,14)(H2,11,12,15). The number of hydrogen-bond acceptors (Lipinski definition) is 4. The molecular weight excluding hydrogens is 228 g/mol. The molecule has 4 N–H and O–H groups in total. The van der Waals surface area contributed by atoms with Crippen LogP contribution in [-0.2, 0) is 9.53 Å². The molecule has 7 nitrogen and oxygen atoms in total. The number of urea groups is 1. The Labute approximate surface area is 100 Å². The van der Waals surface area contributed by atoms with E-state index in [1.807, 2.05) is 13.8 Å². The molecule has 0 aromatic rings. The van der Waals surface area contributed by atoms with Crippen LogP contribution in [0.5, 0.6) is 0 Å². The summed E-state index contributed by atoms with van der Waals surface area (Å²) in [7, 11) is 0. The summed E-state index contributed by atoms with van der Waals surface area (Å²) in [6.45, 7) is 5.20. The van der Waals surface area contributed by atoms with Crippen LogP contribution in [0.25, 0.3) is 0 Å². The van der Waals surface area contributed by atoms with Crippen molar-refractivity contribution >= 4 is 12.0 Å². The van der Waals surface area contributed by atoms with Crippen LogP contribution in [0.15, 0.2) is 0 Å². The maximum absolute atomic E-state index is 11.2. The number of amides is 2. The molecule has 1 unspecified atom stereocenters. The van der Waals surface area contributed by atoms with E-state index >= 15 is 0 Å². The first-order valence-corrected chi connectivity index (χ1v) is 5.35. The fraction of sp³-hybridized carbons (Fsp3) is 0.800. The summed E-state index contributed by atoms with van der Waals surface area (Å²) in [6, 6.07) is -0.543. The molecule has 0 rings (SSSR count). The zero-order chi connectivity index (χ0) is 13.5. The molecule has 0 aliphatic heterocycles. The Bertz CT molecular complexity index is 265. The molecule has 0 radical (unpaired) electrons. The number of ether oxygens (including phenoxy) is 1. The first-order chi connectivity index (χ1) is 7.75. The molecule has 0 saturated carbocycles. The number of carboxylic acid groups (broad SMARTS) is 1. The Kier molecular flexibility index (Phi) is 6.52. The van der Waals surface area contributed by atoms with Gasteiger partial charge in [0, 0.05) is 6.54 Å². The molecule has 0 spiro atoms. The van der Waals surface area contributed by atoms with E-state index in [2.05, 4.69) is 10.6 Å². The monoisotopic (exact) mass is 248 g/mol. The molecule has 2 amide bonds. The van der Waals surface area contributed by atoms with Gasteiger partial charge in [-0.05, 0) is 20.8 Å². The number of carboxylic acids is 1. The minimum atomic E-state index is -1.97. The Balaban J connectivity index is 3.70. The van der Waals surface area contributed by atoms with E-state index in [1.165, 1.54) is 0 Å². The fourth-order valence-corrected chi connectivity index (χ4v) is 0.850. The van der Waals surface area contributed by atoms with Gasteiger partial charge in [-0.2, -0.15) is 0 Å². The molecule has 1 atom stereocenters. The summed E-state index contributed by atoms with van der Waals surface area (Å²) in [5.41, 5.74) is -1.97. The lowest BCUT2D eigenvalue weighted by atomic mass is 10.1. The number of hydrogen-bond donors (Lipinski definition) is 4. The molecule has 17 heavy (non-hydrogen) atoms. The van der Waals surface area contributed by atoms with Crippen molar-refractivity contribution in [3.8, 4) is 0 Å². The highest BCUT2D eigenvalue weighted by molar-refractivity contribution is 5.79. The second-order valence-electron chi connectivity index (χ2n) is 4.11. The van der Waals surface area contributed by atoms with E-state index < -0.39 is 17.6 Å². The van der Waals surface area contributed by atoms with Crippen molar-refractivity contribution in [3.63, 3.8) is 0 Å². The maximum atomic E-state index is 11.2. The SMILES string of the molecule is CC(C)OCCNC(=O)NCC(C)(O)C(=O)O. The minimum Gasteiger partial charge on any atom is -0.479 e. The number of aliphatic carboxylic acids is 1. The van der Waals surface area contributed by atoms with Crippen LogP contribution in [0.4, 0.5) is 4.79 Å². The molecule has 7 heteroatoms. The van der Waals surface area contributed by atoms with Crippen LogP contribution in [0, 0.1) is 0 Å². The first-order valence-electron chi connectivity index (χ1n) is 5.35. The van der Waals surface area contributed by atoms with Gasteiger partial charge in [0.1, 0.15) is 0 Å². The predicted molar refractivity (Wildman–Crippen MR) is 60.7 cm³/mol. The lowest BCUT2D eigenvalue weighted by Crippen LogP contribution is -2.49. The van der Waals surface area contributed by atoms with Gasteiger partial charge in [0.05, 0.1) is 19.3 Å². The highest BCUT2D eigenvalue weighted by Gasteiger charge is 2.30. The van der Waals surface area contributed by atoms with Crippen LogP contribution in [-0.4, -0.2) is 53.6 Å². The quantitative estimate of drug-likeness (QED) is 0.456. The van der Waals surface area contributed by atoms with Gasteiger partial charge in [0.2, 0.25) is 0 Å². The van der Waals surface area contributed by atoms with E-state index in [0.29, 0.717) is 13.2 Å². The Morgan fingerprint density at radius 1 is 1.35 bits per heavy atom. The highest BCUT2D eigenvalue weighted by Crippen LogP contribution is 2.00. The normalized spacial score (nSPS) is 14.2. The highest BCUT2D eigenvalue weighted by atomic mass is 16.5. The van der Waals surface area contributed by atoms with Gasteiger partial charge in [0.15, 0.2) is 5.60 Å². The van der Waals surface area contributed by atoms with Crippen molar-refractivity contribution in [1.29, 1.82) is 0 Å². The van der Waals surface area contributed by atoms with Crippen LogP contribution in [0.1, 0.15) is 20.8 Å². The molecule has 0 fully saturated rings. The molecule has 0 saturated heterocycles. The Hall–Kier alpha value is -1.34. The third-order valence-electron chi connectivity index (χ3n) is 1.89. The molecule has 100 valence electrons. The summed E-state index contributed by atoms with van der Waals surface area (Å²) >= 11 is 0. The second-order valence-corrected chi connectivity index (χ2v) is 4.11. The van der Waals surface area contributed by atoms with E-state index in [4.69, 9.17) is 9.84 Å². The van der Waals surface area contributed by atoms with Gasteiger partial charge in [0.25, 0.3) is 0 Å². The molecule has 0 heterocycles. The van der Waals surface area contributed by atoms with Crippen molar-refractivity contribution in [2.45, 2.75) is 32.5 Å². The van der Waals surface area contributed by atoms with Crippen molar-refractivity contribution < 1.29 is 24.5 Å². The Morgan fingerprint density at radius 2 is 1.94 bits per heavy atom. The lowest BCUT2D eigenvalue weighted by molar-refractivity contribution is -0.155. The average Bonchev–Trinajstić information content (AvgIpc) is 2.21. The Morgan fingerprint density at radius 3 is 2.41 bits per heavy atom. The summed E-state index contributed by atoms with van der Waals surface area (Å²) in [5, 5.41) is 22.6. The number of carbonyl (C=O) groups excluding carboxylic acids is 1. The third kappa shape index (κ3) is 7.53. The molecule has 0 aromatic carbocycles. The molecule has 0 bridgehead atoms. The van der Waals surface area contributed by atoms with Gasteiger partial charge >= 0.3 is 12.0 Å². The summed E-state index contributed by atoms with van der Waals surface area (Å²) < 4.78 is 5.19. The smallest absolute Gasteiger partial charge is 0.337 e. The van der Waals surface area contributed by atoms with Gasteiger partial charge in [-0.1, -0.05) is 0 Å². The van der Waals surface area contributed by atoms with Crippen LogP contribution in [0.3, 0.4) is 0 Å². The van der Waals surface area contributed by atoms with E-state index in [1.54, 1.807) is 0 Å². The van der Waals surface area contributed by atoms with Crippen LogP contribution >= 0.6 is 0 Å². The van der Waals surface area contributed by atoms with E-state index in [-0.39, 0.29) is 12.6 Å². The molecular formula is C10H20N2O5. The zero-order valence-corrected chi connectivity index (χ0v) is 10.3. The van der Waals surface area contributed by atoms with Crippen molar-refractivity contribution in [1.82, 2.24) is 10.6 Å². The van der Waals surface area contributed by atoms with Crippen molar-refractivity contribution in [3.05, 3.63) is 0 Å². The molecule has 0 aliphatic carbocycles. The van der Waals surface area contributed by atoms with E-state index in [9.17, 15) is 14.7 Å². The predicted octanol–water partition coefficient (Wildman–Crippen LogP) is -0.454. The summed E-state index contributed by atoms with van der Waals surface area (Å²) in [6.07, 6.45) is 0.0904. The van der Waals surface area contributed by atoms with Gasteiger partial charge in [-0.15, -0.1) is 0 Å². The lowest BCUT2D eigenvalue weighted by Gasteiger charge is -2.18. The van der Waals surface area contributed by atoms with E-state index in [0.717, 1.165) is 6.92 Å². The molecule has 0 aliphatic rings. The van der Waals surface area contributed by atoms with Gasteiger partial charge < -0.3 is 25.6 Å². The largest absolute Gasteiger partial charge is 0.479 e. The van der Waals surface area contributed by atoms with Gasteiger partial charge in [-0.25, -0.2) is 9.59 Å². The summed E-state index contributed by atoms with van der Waals surface area (Å²) in [4.78, 5) is 21.7. The van der Waals surface area contributed by atoms with Gasteiger partial charge in [-0.3, -0.25) is 0 Å². The second kappa shape index (κ2) is 7.08. The first kappa shape index (κ1) is 15.7. The van der Waals surface area contributed by atoms with Crippen LogP contribution < -0.4 is 10.6 Å². The minimum absolute atomic E-state index is 0.0904. The van der Waals surface area contributed by atoms with Crippen LogP contribution in [0.2, 0.25) is 0 Å². The number of nitrogens with one attached hydrogen (secondary N) is 2. The third-order valence-corrected chi connectivity index (χ3v) is 1.89. The number of carbonyl (C=O) groups is 2. The summed E-state index contributed by atoms with van der Waals surface area (Å²) in [5.74, 6) is -1.39. The average molecular weight is 248 g/mol. The fourth-order valence-electron chi connectivity index (χ4n) is 0.850. The zero-order valence-electron chi connectivity index (χ0n) is 10.3. The maximum Gasteiger partial charge on any atom is 0.337 e. The topological polar surface area (TPSA) is 108 Å². The van der Waals surface area contributed by atoms with Crippen molar-refractivity contribution in [2.24, 2.45) is 0 Å². The molecule has 0 aromatic heterocycles. The van der Waals surface area contributed by atoms with Crippen molar-refractivity contribution in [2.75, 3.05) is 19.7 Å². The number of aliphatic hydroxyl groups is 1.